The molecule has 0 aliphatic heterocycles. The average molecular weight is 272 g/mol. The summed E-state index contributed by atoms with van der Waals surface area (Å²) in [5, 5.41) is 0. The van der Waals surface area contributed by atoms with E-state index in [4.69, 9.17) is 0 Å². The number of benzene rings is 3. The largest absolute Gasteiger partial charge is 0.289 e. The Morgan fingerprint density at radius 3 is 1.95 bits per heavy atom. The smallest absolute Gasteiger partial charge is 0.193 e. The Morgan fingerprint density at radius 2 is 1.24 bits per heavy atom. The molecule has 3 aromatic carbocycles. The minimum Gasteiger partial charge on any atom is -0.289 e. The van der Waals surface area contributed by atoms with Crippen LogP contribution in [0.5, 0.6) is 0 Å². The molecule has 0 spiro atoms. The summed E-state index contributed by atoms with van der Waals surface area (Å²) in [6.45, 7) is 1.97. The van der Waals surface area contributed by atoms with Crippen molar-refractivity contribution in [3.63, 3.8) is 0 Å². The fraction of sp³-hybridized carbons (Fsp3) is 0.0500. The summed E-state index contributed by atoms with van der Waals surface area (Å²) >= 11 is 0. The highest BCUT2D eigenvalue weighted by Crippen LogP contribution is 2.26. The van der Waals surface area contributed by atoms with Gasteiger partial charge in [-0.2, -0.15) is 0 Å². The van der Waals surface area contributed by atoms with Crippen LogP contribution in [0.1, 0.15) is 21.5 Å². The van der Waals surface area contributed by atoms with Crippen LogP contribution in [0.3, 0.4) is 0 Å². The van der Waals surface area contributed by atoms with Gasteiger partial charge in [-0.15, -0.1) is 0 Å². The monoisotopic (exact) mass is 272 g/mol. The van der Waals surface area contributed by atoms with Crippen LogP contribution in [0.4, 0.5) is 0 Å². The predicted molar refractivity (Wildman–Crippen MR) is 86.5 cm³/mol. The van der Waals surface area contributed by atoms with Crippen LogP contribution in [0.15, 0.2) is 78.9 Å². The van der Waals surface area contributed by atoms with Gasteiger partial charge in [0.05, 0.1) is 0 Å². The molecule has 0 aliphatic rings. The first-order valence-corrected chi connectivity index (χ1v) is 7.02. The molecule has 0 aromatic heterocycles. The molecule has 0 amide bonds. The van der Waals surface area contributed by atoms with Gasteiger partial charge in [-0.05, 0) is 23.6 Å². The molecule has 0 bridgehead atoms. The number of hydrogen-bond acceptors (Lipinski definition) is 1. The Morgan fingerprint density at radius 1 is 0.667 bits per heavy atom. The van der Waals surface area contributed by atoms with E-state index in [-0.39, 0.29) is 5.78 Å². The van der Waals surface area contributed by atoms with Crippen molar-refractivity contribution in [2.45, 2.75) is 6.92 Å². The second kappa shape index (κ2) is 5.76. The van der Waals surface area contributed by atoms with Crippen molar-refractivity contribution in [3.8, 4) is 11.1 Å². The number of carbonyl (C=O) groups excluding carboxylic acids is 1. The van der Waals surface area contributed by atoms with Crippen molar-refractivity contribution in [1.82, 2.24) is 0 Å². The first-order chi connectivity index (χ1) is 10.3. The van der Waals surface area contributed by atoms with Gasteiger partial charge in [0.2, 0.25) is 0 Å². The van der Waals surface area contributed by atoms with Crippen LogP contribution in [0.25, 0.3) is 11.1 Å². The van der Waals surface area contributed by atoms with Crippen molar-refractivity contribution in [2.24, 2.45) is 0 Å². The molecular formula is C20H16O. The molecule has 0 N–H and O–H groups in total. The lowest BCUT2D eigenvalue weighted by atomic mass is 9.92. The molecule has 21 heavy (non-hydrogen) atoms. The normalized spacial score (nSPS) is 10.3. The van der Waals surface area contributed by atoms with Crippen LogP contribution >= 0.6 is 0 Å². The van der Waals surface area contributed by atoms with Crippen LogP contribution in [0, 0.1) is 6.92 Å². The van der Waals surface area contributed by atoms with Crippen LogP contribution < -0.4 is 0 Å². The standard InChI is InChI=1S/C20H16O/c1-15-9-5-6-12-17(15)20(21)19-14-8-7-13-18(19)16-10-3-2-4-11-16/h2-14H,1H3. The second-order valence-corrected chi connectivity index (χ2v) is 5.06. The van der Waals surface area contributed by atoms with Crippen molar-refractivity contribution in [3.05, 3.63) is 95.6 Å². The first kappa shape index (κ1) is 13.3. The summed E-state index contributed by atoms with van der Waals surface area (Å²) in [4.78, 5) is 12.9. The fourth-order valence-corrected chi connectivity index (χ4v) is 2.52. The lowest BCUT2D eigenvalue weighted by molar-refractivity contribution is 0.103. The van der Waals surface area contributed by atoms with E-state index in [1.807, 2.05) is 85.8 Å². The Labute approximate surface area is 124 Å². The van der Waals surface area contributed by atoms with Crippen LogP contribution in [-0.4, -0.2) is 5.78 Å². The highest BCUT2D eigenvalue weighted by Gasteiger charge is 2.15. The number of ketones is 1. The zero-order valence-corrected chi connectivity index (χ0v) is 11.9. The minimum atomic E-state index is 0.0764. The maximum Gasteiger partial charge on any atom is 0.193 e. The average Bonchev–Trinajstić information content (AvgIpc) is 2.55. The molecule has 0 atom stereocenters. The number of hydrogen-bond donors (Lipinski definition) is 0. The van der Waals surface area contributed by atoms with Gasteiger partial charge in [-0.1, -0.05) is 78.9 Å². The highest BCUT2D eigenvalue weighted by atomic mass is 16.1. The summed E-state index contributed by atoms with van der Waals surface area (Å²) in [6.07, 6.45) is 0. The summed E-state index contributed by atoms with van der Waals surface area (Å²) in [7, 11) is 0. The van der Waals surface area contributed by atoms with Gasteiger partial charge in [0.1, 0.15) is 0 Å². The van der Waals surface area contributed by atoms with E-state index in [2.05, 4.69) is 0 Å². The topological polar surface area (TPSA) is 17.1 Å². The molecule has 1 nitrogen and oxygen atoms in total. The number of rotatable bonds is 3. The third-order valence-electron chi connectivity index (χ3n) is 3.65. The lowest BCUT2D eigenvalue weighted by Crippen LogP contribution is -2.05. The van der Waals surface area contributed by atoms with Crippen LogP contribution in [-0.2, 0) is 0 Å². The Hall–Kier alpha value is -2.67. The number of carbonyl (C=O) groups is 1. The van der Waals surface area contributed by atoms with Gasteiger partial charge >= 0.3 is 0 Å². The van der Waals surface area contributed by atoms with Gasteiger partial charge in [-0.25, -0.2) is 0 Å². The van der Waals surface area contributed by atoms with E-state index in [1.54, 1.807) is 0 Å². The summed E-state index contributed by atoms with van der Waals surface area (Å²) in [6, 6.07) is 25.5. The molecule has 0 saturated carbocycles. The highest BCUT2D eigenvalue weighted by molar-refractivity contribution is 6.13. The van der Waals surface area contributed by atoms with Crippen molar-refractivity contribution in [1.29, 1.82) is 0 Å². The van der Waals surface area contributed by atoms with E-state index in [0.29, 0.717) is 0 Å². The predicted octanol–water partition coefficient (Wildman–Crippen LogP) is 4.89. The molecule has 0 aliphatic carbocycles. The molecule has 102 valence electrons. The zero-order chi connectivity index (χ0) is 14.7. The molecule has 3 aromatic rings. The third-order valence-corrected chi connectivity index (χ3v) is 3.65. The summed E-state index contributed by atoms with van der Waals surface area (Å²) < 4.78 is 0. The molecule has 0 saturated heterocycles. The third kappa shape index (κ3) is 2.63. The van der Waals surface area contributed by atoms with Gasteiger partial charge in [0, 0.05) is 11.1 Å². The van der Waals surface area contributed by atoms with E-state index in [9.17, 15) is 4.79 Å². The Kier molecular flexibility index (Phi) is 3.65. The SMILES string of the molecule is Cc1ccccc1C(=O)c1ccccc1-c1ccccc1. The first-order valence-electron chi connectivity index (χ1n) is 7.02. The molecule has 0 fully saturated rings. The summed E-state index contributed by atoms with van der Waals surface area (Å²) in [5.41, 5.74) is 4.56. The molecular weight excluding hydrogens is 256 g/mol. The number of aryl methyl sites for hydroxylation is 1. The molecule has 0 unspecified atom stereocenters. The Balaban J connectivity index is 2.12. The molecule has 3 rings (SSSR count). The fourth-order valence-electron chi connectivity index (χ4n) is 2.52. The summed E-state index contributed by atoms with van der Waals surface area (Å²) in [5.74, 6) is 0.0764. The van der Waals surface area contributed by atoms with E-state index in [0.717, 1.165) is 27.8 Å². The minimum absolute atomic E-state index is 0.0764. The maximum absolute atomic E-state index is 12.9. The molecule has 1 heteroatoms. The Bertz CT molecular complexity index is 773. The van der Waals surface area contributed by atoms with Crippen molar-refractivity contribution >= 4 is 5.78 Å². The van der Waals surface area contributed by atoms with Crippen molar-refractivity contribution in [2.75, 3.05) is 0 Å². The lowest BCUT2D eigenvalue weighted by Gasteiger charge is -2.10. The van der Waals surface area contributed by atoms with E-state index >= 15 is 0 Å². The maximum atomic E-state index is 12.9. The van der Waals surface area contributed by atoms with E-state index in [1.165, 1.54) is 0 Å². The zero-order valence-electron chi connectivity index (χ0n) is 11.9. The van der Waals surface area contributed by atoms with Crippen molar-refractivity contribution < 1.29 is 4.79 Å². The van der Waals surface area contributed by atoms with Crippen LogP contribution in [0.2, 0.25) is 0 Å². The second-order valence-electron chi connectivity index (χ2n) is 5.06. The van der Waals surface area contributed by atoms with Gasteiger partial charge in [0.25, 0.3) is 0 Å². The quantitative estimate of drug-likeness (QED) is 0.620. The molecule has 0 heterocycles. The van der Waals surface area contributed by atoms with Gasteiger partial charge in [0.15, 0.2) is 5.78 Å². The van der Waals surface area contributed by atoms with Gasteiger partial charge < -0.3 is 0 Å². The van der Waals surface area contributed by atoms with Gasteiger partial charge in [-0.3, -0.25) is 4.79 Å². The molecule has 0 radical (unpaired) electrons. The van der Waals surface area contributed by atoms with E-state index < -0.39 is 0 Å².